The Labute approximate surface area is 127 Å². The molecule has 2 heterocycles. The second-order valence-electron chi connectivity index (χ2n) is 4.49. The van der Waals surface area contributed by atoms with Gasteiger partial charge >= 0.3 is 5.88 Å². The topological polar surface area (TPSA) is 97.7 Å². The minimum Gasteiger partial charge on any atom is -0.397 e. The van der Waals surface area contributed by atoms with Gasteiger partial charge in [0, 0.05) is 13.1 Å². The van der Waals surface area contributed by atoms with E-state index in [0.717, 1.165) is 18.9 Å². The van der Waals surface area contributed by atoms with Gasteiger partial charge in [0.15, 0.2) is 11.6 Å². The average molecular weight is 303 g/mol. The fraction of sp³-hybridized carbons (Fsp3) is 0.357. The first-order valence-corrected chi connectivity index (χ1v) is 6.92. The summed E-state index contributed by atoms with van der Waals surface area (Å²) >= 11 is 0. The van der Waals surface area contributed by atoms with Crippen LogP contribution in [0.15, 0.2) is 33.9 Å². The fourth-order valence-electron chi connectivity index (χ4n) is 1.99. The van der Waals surface area contributed by atoms with E-state index in [9.17, 15) is 10.1 Å². The Kier molecular flexibility index (Phi) is 4.82. The van der Waals surface area contributed by atoms with Crippen molar-refractivity contribution >= 4 is 17.4 Å². The Balaban J connectivity index is 2.19. The minimum absolute atomic E-state index is 0.252. The van der Waals surface area contributed by atoms with Crippen LogP contribution in [-0.2, 0) is 0 Å². The van der Waals surface area contributed by atoms with Crippen molar-refractivity contribution in [1.82, 2.24) is 14.9 Å². The van der Waals surface area contributed by atoms with Crippen LogP contribution < -0.4 is 0 Å². The maximum absolute atomic E-state index is 10.6. The number of aliphatic imine (C=N–C) groups is 1. The van der Waals surface area contributed by atoms with Crippen LogP contribution in [-0.4, -0.2) is 38.7 Å². The van der Waals surface area contributed by atoms with Crippen molar-refractivity contribution in [1.29, 1.82) is 0 Å². The quantitative estimate of drug-likeness (QED) is 0.364. The summed E-state index contributed by atoms with van der Waals surface area (Å²) in [4.78, 5) is 24.8. The minimum atomic E-state index is -0.602. The zero-order valence-electron chi connectivity index (χ0n) is 12.7. The molecule has 8 heteroatoms. The number of hydrogen-bond acceptors (Lipinski definition) is 6. The zero-order chi connectivity index (χ0) is 16.1. The van der Waals surface area contributed by atoms with Crippen molar-refractivity contribution in [2.24, 2.45) is 4.99 Å². The summed E-state index contributed by atoms with van der Waals surface area (Å²) in [7, 11) is 0. The van der Waals surface area contributed by atoms with E-state index in [2.05, 4.69) is 33.7 Å². The molecule has 0 bridgehead atoms. The van der Waals surface area contributed by atoms with E-state index in [-0.39, 0.29) is 17.5 Å². The number of nitro groups is 1. The van der Waals surface area contributed by atoms with Gasteiger partial charge in [-0.25, -0.2) is 15.0 Å². The Morgan fingerprint density at radius 2 is 1.95 bits per heavy atom. The van der Waals surface area contributed by atoms with Gasteiger partial charge in [-0.15, -0.1) is 0 Å². The summed E-state index contributed by atoms with van der Waals surface area (Å²) < 4.78 is 5.06. The molecule has 0 saturated heterocycles. The zero-order valence-corrected chi connectivity index (χ0v) is 12.7. The highest BCUT2D eigenvalue weighted by Crippen LogP contribution is 2.23. The molecule has 0 amide bonds. The molecule has 0 radical (unpaired) electrons. The Bertz CT molecular complexity index is 674. The van der Waals surface area contributed by atoms with E-state index in [0.29, 0.717) is 5.69 Å². The smallest absolute Gasteiger partial charge is 0.397 e. The van der Waals surface area contributed by atoms with Gasteiger partial charge in [0.25, 0.3) is 0 Å². The van der Waals surface area contributed by atoms with Crippen LogP contribution in [0.4, 0.5) is 11.6 Å². The van der Waals surface area contributed by atoms with E-state index in [1.54, 1.807) is 12.4 Å². The SMILES string of the molecule is CCN(CC)/C(C)=N/c1cnc(-c2ccc([N+](=O)[O-])o2)nc1. The molecule has 0 spiro atoms. The van der Waals surface area contributed by atoms with Gasteiger partial charge in [0.1, 0.15) is 16.4 Å². The summed E-state index contributed by atoms with van der Waals surface area (Å²) in [6.07, 6.45) is 3.12. The van der Waals surface area contributed by atoms with Gasteiger partial charge in [0.2, 0.25) is 0 Å². The molecule has 2 aromatic heterocycles. The number of furan rings is 1. The first-order chi connectivity index (χ1) is 10.5. The molecule has 0 aliphatic carbocycles. The maximum Gasteiger partial charge on any atom is 0.433 e. The third kappa shape index (κ3) is 3.46. The van der Waals surface area contributed by atoms with Crippen LogP contribution in [0, 0.1) is 10.1 Å². The van der Waals surface area contributed by atoms with E-state index in [1.165, 1.54) is 12.1 Å². The van der Waals surface area contributed by atoms with Gasteiger partial charge in [-0.1, -0.05) is 0 Å². The van der Waals surface area contributed by atoms with Crippen molar-refractivity contribution in [3.63, 3.8) is 0 Å². The molecule has 0 atom stereocenters. The summed E-state index contributed by atoms with van der Waals surface area (Å²) in [5.41, 5.74) is 0.620. The van der Waals surface area contributed by atoms with Gasteiger partial charge < -0.3 is 9.32 Å². The molecule has 2 rings (SSSR count). The number of nitrogens with zero attached hydrogens (tertiary/aromatic N) is 5. The van der Waals surface area contributed by atoms with Crippen molar-refractivity contribution < 1.29 is 9.34 Å². The highest BCUT2D eigenvalue weighted by Gasteiger charge is 2.14. The number of aromatic nitrogens is 2. The lowest BCUT2D eigenvalue weighted by molar-refractivity contribution is -0.401. The molecule has 116 valence electrons. The molecule has 22 heavy (non-hydrogen) atoms. The molecule has 0 unspecified atom stereocenters. The summed E-state index contributed by atoms with van der Waals surface area (Å²) in [6, 6.07) is 2.74. The maximum atomic E-state index is 10.6. The predicted octanol–water partition coefficient (Wildman–Crippen LogP) is 3.04. The third-order valence-corrected chi connectivity index (χ3v) is 3.14. The molecular formula is C14H17N5O3. The summed E-state index contributed by atoms with van der Waals surface area (Å²) in [5, 5.41) is 10.6. The average Bonchev–Trinajstić information content (AvgIpc) is 2.99. The van der Waals surface area contributed by atoms with Crippen molar-refractivity contribution in [2.75, 3.05) is 13.1 Å². The first-order valence-electron chi connectivity index (χ1n) is 6.92. The first kappa shape index (κ1) is 15.6. The van der Waals surface area contributed by atoms with Gasteiger partial charge in [-0.05, 0) is 26.8 Å². The second kappa shape index (κ2) is 6.79. The number of rotatable bonds is 5. The fourth-order valence-corrected chi connectivity index (χ4v) is 1.99. The van der Waals surface area contributed by atoms with Crippen LogP contribution in [0.25, 0.3) is 11.6 Å². The summed E-state index contributed by atoms with van der Waals surface area (Å²) in [6.45, 7) is 7.80. The molecule has 0 fully saturated rings. The van der Waals surface area contributed by atoms with Crippen LogP contribution in [0.1, 0.15) is 20.8 Å². The van der Waals surface area contributed by atoms with Crippen molar-refractivity contribution in [3.05, 3.63) is 34.6 Å². The largest absolute Gasteiger partial charge is 0.433 e. The third-order valence-electron chi connectivity index (χ3n) is 3.14. The molecule has 8 nitrogen and oxygen atoms in total. The van der Waals surface area contributed by atoms with Crippen LogP contribution in [0.5, 0.6) is 0 Å². The Morgan fingerprint density at radius 3 is 2.45 bits per heavy atom. The predicted molar refractivity (Wildman–Crippen MR) is 82.1 cm³/mol. The van der Waals surface area contributed by atoms with E-state index in [4.69, 9.17) is 4.42 Å². The molecule has 0 saturated carbocycles. The highest BCUT2D eigenvalue weighted by molar-refractivity contribution is 5.82. The van der Waals surface area contributed by atoms with Gasteiger partial charge in [0.05, 0.1) is 18.5 Å². The number of amidine groups is 1. The lowest BCUT2D eigenvalue weighted by atomic mass is 10.4. The second-order valence-corrected chi connectivity index (χ2v) is 4.49. The highest BCUT2D eigenvalue weighted by atomic mass is 16.6. The van der Waals surface area contributed by atoms with E-state index in [1.807, 2.05) is 6.92 Å². The van der Waals surface area contributed by atoms with E-state index >= 15 is 0 Å². The lowest BCUT2D eigenvalue weighted by Crippen LogP contribution is -2.27. The number of hydrogen-bond donors (Lipinski definition) is 0. The van der Waals surface area contributed by atoms with Gasteiger partial charge in [-0.2, -0.15) is 0 Å². The standard InChI is InChI=1S/C14H17N5O3/c1-4-18(5-2)10(3)17-11-8-15-14(16-9-11)12-6-7-13(22-12)19(20)21/h6-9H,4-5H2,1-3H3/b17-10+. The van der Waals surface area contributed by atoms with E-state index < -0.39 is 4.92 Å². The molecule has 0 aromatic carbocycles. The van der Waals surface area contributed by atoms with Crippen LogP contribution >= 0.6 is 0 Å². The molecular weight excluding hydrogens is 286 g/mol. The Morgan fingerprint density at radius 1 is 1.32 bits per heavy atom. The normalized spacial score (nSPS) is 11.5. The van der Waals surface area contributed by atoms with Crippen molar-refractivity contribution in [2.45, 2.75) is 20.8 Å². The lowest BCUT2D eigenvalue weighted by Gasteiger charge is -2.19. The van der Waals surface area contributed by atoms with Gasteiger partial charge in [-0.3, -0.25) is 10.1 Å². The molecule has 0 aliphatic rings. The molecule has 0 N–H and O–H groups in total. The molecule has 0 aliphatic heterocycles. The van der Waals surface area contributed by atoms with Crippen molar-refractivity contribution in [3.8, 4) is 11.6 Å². The van der Waals surface area contributed by atoms with Crippen LogP contribution in [0.3, 0.4) is 0 Å². The Hall–Kier alpha value is -2.77. The monoisotopic (exact) mass is 303 g/mol. The van der Waals surface area contributed by atoms with Crippen LogP contribution in [0.2, 0.25) is 0 Å². The summed E-state index contributed by atoms with van der Waals surface area (Å²) in [5.74, 6) is 1.09. The molecule has 2 aromatic rings.